The van der Waals surface area contributed by atoms with Gasteiger partial charge in [0.25, 0.3) is 5.91 Å². The van der Waals surface area contributed by atoms with Gasteiger partial charge < -0.3 is 15.4 Å². The van der Waals surface area contributed by atoms with Crippen LogP contribution in [0.1, 0.15) is 12.5 Å². The molecule has 2 rings (SSSR count). The third kappa shape index (κ3) is 1.63. The minimum atomic E-state index is -0.814. The monoisotopic (exact) mass is 236 g/mol. The molecule has 2 N–H and O–H groups in total. The number of rotatable bonds is 2. The van der Waals surface area contributed by atoms with Crippen LogP contribution < -0.4 is 15.4 Å². The molecule has 16 heavy (non-hydrogen) atoms. The van der Waals surface area contributed by atoms with E-state index < -0.39 is 5.54 Å². The zero-order valence-electron chi connectivity index (χ0n) is 9.03. The van der Waals surface area contributed by atoms with E-state index in [0.29, 0.717) is 10.9 Å². The number of ether oxygens (including phenoxy) is 1. The van der Waals surface area contributed by atoms with Crippen molar-refractivity contribution in [2.45, 2.75) is 12.5 Å². The van der Waals surface area contributed by atoms with Crippen LogP contribution >= 0.6 is 12.2 Å². The van der Waals surface area contributed by atoms with Gasteiger partial charge in [0.05, 0.1) is 7.11 Å². The Morgan fingerprint density at radius 1 is 1.44 bits per heavy atom. The van der Waals surface area contributed by atoms with E-state index >= 15 is 0 Å². The van der Waals surface area contributed by atoms with Crippen LogP contribution in [0.2, 0.25) is 0 Å². The summed E-state index contributed by atoms with van der Waals surface area (Å²) in [6.45, 7) is 1.79. The molecular formula is C11H12N2O2S. The molecule has 1 unspecified atom stereocenters. The van der Waals surface area contributed by atoms with Crippen LogP contribution in [0.5, 0.6) is 5.75 Å². The molecule has 1 aromatic rings. The quantitative estimate of drug-likeness (QED) is 0.750. The van der Waals surface area contributed by atoms with Gasteiger partial charge in [-0.05, 0) is 36.8 Å². The maximum Gasteiger partial charge on any atom is 0.256 e. The molecule has 1 heterocycles. The first kappa shape index (κ1) is 10.9. The molecule has 0 bridgehead atoms. The van der Waals surface area contributed by atoms with E-state index in [-0.39, 0.29) is 5.91 Å². The van der Waals surface area contributed by atoms with Gasteiger partial charge in [-0.15, -0.1) is 0 Å². The third-order valence-electron chi connectivity index (χ3n) is 2.69. The lowest BCUT2D eigenvalue weighted by molar-refractivity contribution is -0.123. The number of hydrogen-bond donors (Lipinski definition) is 2. The van der Waals surface area contributed by atoms with Gasteiger partial charge in [0.1, 0.15) is 11.3 Å². The highest BCUT2D eigenvalue weighted by Crippen LogP contribution is 2.27. The Kier molecular flexibility index (Phi) is 2.55. The maximum atomic E-state index is 11.8. The Morgan fingerprint density at radius 3 is 2.75 bits per heavy atom. The molecule has 4 nitrogen and oxygen atoms in total. The minimum absolute atomic E-state index is 0.147. The first-order valence-corrected chi connectivity index (χ1v) is 5.25. The van der Waals surface area contributed by atoms with Gasteiger partial charge in [0.15, 0.2) is 5.11 Å². The van der Waals surface area contributed by atoms with Gasteiger partial charge in [-0.25, -0.2) is 0 Å². The number of hydrogen-bond acceptors (Lipinski definition) is 3. The lowest BCUT2D eigenvalue weighted by atomic mass is 9.92. The normalized spacial score (nSPS) is 23.9. The van der Waals surface area contributed by atoms with E-state index in [2.05, 4.69) is 10.6 Å². The Labute approximate surface area is 99.0 Å². The van der Waals surface area contributed by atoms with Crippen LogP contribution in [0.4, 0.5) is 0 Å². The van der Waals surface area contributed by atoms with Crippen molar-refractivity contribution in [3.63, 3.8) is 0 Å². The molecule has 0 aromatic heterocycles. The number of nitrogens with one attached hydrogen (secondary N) is 2. The van der Waals surface area contributed by atoms with Crippen molar-refractivity contribution in [3.05, 3.63) is 29.8 Å². The van der Waals surface area contributed by atoms with E-state index in [0.717, 1.165) is 5.56 Å². The maximum absolute atomic E-state index is 11.8. The number of carbonyl (C=O) groups excluding carboxylic acids is 1. The molecule has 1 aliphatic heterocycles. The molecule has 5 heteroatoms. The zero-order chi connectivity index (χ0) is 11.8. The topological polar surface area (TPSA) is 50.4 Å². The SMILES string of the molecule is COc1cccc(C2(C)NC(=S)NC2=O)c1. The largest absolute Gasteiger partial charge is 0.497 e. The average Bonchev–Trinajstić information content (AvgIpc) is 2.54. The molecule has 1 aliphatic rings. The Balaban J connectivity index is 2.43. The Morgan fingerprint density at radius 2 is 2.19 bits per heavy atom. The van der Waals surface area contributed by atoms with E-state index in [1.54, 1.807) is 14.0 Å². The smallest absolute Gasteiger partial charge is 0.256 e. The number of benzene rings is 1. The molecule has 0 radical (unpaired) electrons. The summed E-state index contributed by atoms with van der Waals surface area (Å²) in [7, 11) is 1.59. The predicted molar refractivity (Wildman–Crippen MR) is 64.2 cm³/mol. The van der Waals surface area contributed by atoms with Gasteiger partial charge in [-0.3, -0.25) is 4.79 Å². The molecule has 84 valence electrons. The second kappa shape index (κ2) is 3.75. The minimum Gasteiger partial charge on any atom is -0.497 e. The fourth-order valence-corrected chi connectivity index (χ4v) is 1.98. The Hall–Kier alpha value is -1.62. The van der Waals surface area contributed by atoms with E-state index in [9.17, 15) is 4.79 Å². The van der Waals surface area contributed by atoms with E-state index in [4.69, 9.17) is 17.0 Å². The van der Waals surface area contributed by atoms with Crippen molar-refractivity contribution >= 4 is 23.2 Å². The summed E-state index contributed by atoms with van der Waals surface area (Å²) in [4.78, 5) is 11.8. The first-order chi connectivity index (χ1) is 7.56. The highest BCUT2D eigenvalue weighted by Gasteiger charge is 2.41. The molecule has 0 aliphatic carbocycles. The lowest BCUT2D eigenvalue weighted by Crippen LogP contribution is -2.40. The molecule has 0 spiro atoms. The summed E-state index contributed by atoms with van der Waals surface area (Å²) in [6.07, 6.45) is 0. The number of thiocarbonyl (C=S) groups is 1. The summed E-state index contributed by atoms with van der Waals surface area (Å²) in [5.41, 5.74) is 0.00947. The zero-order valence-corrected chi connectivity index (χ0v) is 9.85. The fraction of sp³-hybridized carbons (Fsp3) is 0.273. The van der Waals surface area contributed by atoms with Crippen molar-refractivity contribution in [2.24, 2.45) is 0 Å². The predicted octanol–water partition coefficient (Wildman–Crippen LogP) is 0.915. The van der Waals surface area contributed by atoms with Crippen LogP contribution in [-0.2, 0) is 10.3 Å². The summed E-state index contributed by atoms with van der Waals surface area (Å²) in [5, 5.41) is 5.90. The highest BCUT2D eigenvalue weighted by atomic mass is 32.1. The second-order valence-corrected chi connectivity index (χ2v) is 4.17. The molecule has 0 saturated carbocycles. The number of amides is 1. The molecule has 1 fully saturated rings. The summed E-state index contributed by atoms with van der Waals surface area (Å²) >= 11 is 4.93. The Bertz CT molecular complexity index is 461. The fourth-order valence-electron chi connectivity index (χ4n) is 1.68. The van der Waals surface area contributed by atoms with Gasteiger partial charge in [0, 0.05) is 0 Å². The highest BCUT2D eigenvalue weighted by molar-refractivity contribution is 7.80. The number of methoxy groups -OCH3 is 1. The van der Waals surface area contributed by atoms with Gasteiger partial charge in [-0.2, -0.15) is 0 Å². The van der Waals surface area contributed by atoms with Crippen molar-refractivity contribution in [2.75, 3.05) is 7.11 Å². The second-order valence-electron chi connectivity index (χ2n) is 3.77. The lowest BCUT2D eigenvalue weighted by Gasteiger charge is -2.21. The standard InChI is InChI=1S/C11H12N2O2S/c1-11(9(14)12-10(16)13-11)7-4-3-5-8(6-7)15-2/h3-6H,1-2H3,(H2,12,13,14,16). The van der Waals surface area contributed by atoms with Crippen LogP contribution in [0.3, 0.4) is 0 Å². The van der Waals surface area contributed by atoms with Crippen molar-refractivity contribution < 1.29 is 9.53 Å². The van der Waals surface area contributed by atoms with Gasteiger partial charge >= 0.3 is 0 Å². The van der Waals surface area contributed by atoms with Crippen molar-refractivity contribution in [1.82, 2.24) is 10.6 Å². The number of carbonyl (C=O) groups is 1. The molecule has 1 amide bonds. The summed E-state index contributed by atoms with van der Waals surface area (Å²) in [6, 6.07) is 7.36. The van der Waals surface area contributed by atoms with Crippen LogP contribution in [0.25, 0.3) is 0 Å². The van der Waals surface area contributed by atoms with Crippen LogP contribution in [0.15, 0.2) is 24.3 Å². The summed E-state index contributed by atoms with van der Waals surface area (Å²) in [5.74, 6) is 0.567. The van der Waals surface area contributed by atoms with Crippen molar-refractivity contribution in [1.29, 1.82) is 0 Å². The molecule has 1 aromatic carbocycles. The van der Waals surface area contributed by atoms with E-state index in [1.165, 1.54) is 0 Å². The van der Waals surface area contributed by atoms with E-state index in [1.807, 2.05) is 24.3 Å². The third-order valence-corrected chi connectivity index (χ3v) is 2.90. The summed E-state index contributed by atoms with van der Waals surface area (Å²) < 4.78 is 5.13. The molecule has 1 atom stereocenters. The average molecular weight is 236 g/mol. The molecule has 1 saturated heterocycles. The molecular weight excluding hydrogens is 224 g/mol. The van der Waals surface area contributed by atoms with Gasteiger partial charge in [0.2, 0.25) is 0 Å². The first-order valence-electron chi connectivity index (χ1n) is 4.84. The van der Waals surface area contributed by atoms with Crippen LogP contribution in [0, 0.1) is 0 Å². The van der Waals surface area contributed by atoms with Crippen molar-refractivity contribution in [3.8, 4) is 5.75 Å². The van der Waals surface area contributed by atoms with Crippen LogP contribution in [-0.4, -0.2) is 18.1 Å². The van der Waals surface area contributed by atoms with Gasteiger partial charge in [-0.1, -0.05) is 12.1 Å².